The quantitative estimate of drug-likeness (QED) is 0.571. The second kappa shape index (κ2) is 7.99. The SMILES string of the molecule is Cc1ccc(NC(=S)NC(=O)COc2ccc(Cl)c(C)c2)c(O)c1. The van der Waals surface area contributed by atoms with Crippen LogP contribution in [0.5, 0.6) is 11.5 Å². The van der Waals surface area contributed by atoms with Gasteiger partial charge in [0.25, 0.3) is 5.91 Å². The average molecular weight is 365 g/mol. The molecule has 0 bridgehead atoms. The molecule has 0 saturated carbocycles. The predicted molar refractivity (Wildman–Crippen MR) is 98.9 cm³/mol. The molecule has 126 valence electrons. The van der Waals surface area contributed by atoms with Crippen molar-refractivity contribution in [2.24, 2.45) is 0 Å². The molecule has 2 aromatic carbocycles. The van der Waals surface area contributed by atoms with Crippen LogP contribution in [0.3, 0.4) is 0 Å². The number of carbonyl (C=O) groups is 1. The highest BCUT2D eigenvalue weighted by Gasteiger charge is 2.08. The summed E-state index contributed by atoms with van der Waals surface area (Å²) in [6.45, 7) is 3.52. The molecule has 0 aliphatic rings. The minimum absolute atomic E-state index is 0.0551. The van der Waals surface area contributed by atoms with E-state index in [1.54, 1.807) is 30.3 Å². The summed E-state index contributed by atoms with van der Waals surface area (Å²) in [7, 11) is 0. The molecule has 0 aliphatic heterocycles. The molecule has 7 heteroatoms. The number of aromatic hydroxyl groups is 1. The van der Waals surface area contributed by atoms with Crippen LogP contribution < -0.4 is 15.4 Å². The molecule has 1 amide bonds. The first-order valence-corrected chi connectivity index (χ1v) is 7.93. The van der Waals surface area contributed by atoms with Crippen molar-refractivity contribution in [1.29, 1.82) is 0 Å². The van der Waals surface area contributed by atoms with Gasteiger partial charge in [-0.2, -0.15) is 0 Å². The maximum atomic E-state index is 11.9. The molecule has 0 spiro atoms. The fraction of sp³-hybridized carbons (Fsp3) is 0.176. The Labute approximate surface area is 150 Å². The van der Waals surface area contributed by atoms with Crippen LogP contribution >= 0.6 is 23.8 Å². The van der Waals surface area contributed by atoms with E-state index in [0.717, 1.165) is 11.1 Å². The van der Waals surface area contributed by atoms with Crippen molar-refractivity contribution in [2.75, 3.05) is 11.9 Å². The first-order chi connectivity index (χ1) is 11.3. The van der Waals surface area contributed by atoms with Gasteiger partial charge in [-0.15, -0.1) is 0 Å². The van der Waals surface area contributed by atoms with Gasteiger partial charge in [0.2, 0.25) is 0 Å². The van der Waals surface area contributed by atoms with Gasteiger partial charge < -0.3 is 15.2 Å². The van der Waals surface area contributed by atoms with E-state index in [1.165, 1.54) is 0 Å². The molecule has 3 N–H and O–H groups in total. The van der Waals surface area contributed by atoms with Crippen molar-refractivity contribution in [1.82, 2.24) is 5.32 Å². The molecule has 2 rings (SSSR count). The molecular formula is C17H17ClN2O3S. The van der Waals surface area contributed by atoms with Crippen LogP contribution in [0.2, 0.25) is 5.02 Å². The minimum atomic E-state index is -0.410. The molecule has 0 aliphatic carbocycles. The van der Waals surface area contributed by atoms with Crippen LogP contribution in [0.25, 0.3) is 0 Å². The van der Waals surface area contributed by atoms with E-state index in [0.29, 0.717) is 16.5 Å². The molecule has 24 heavy (non-hydrogen) atoms. The zero-order valence-electron chi connectivity index (χ0n) is 13.2. The predicted octanol–water partition coefficient (Wildman–Crippen LogP) is 3.55. The summed E-state index contributed by atoms with van der Waals surface area (Å²) in [6.07, 6.45) is 0. The summed E-state index contributed by atoms with van der Waals surface area (Å²) in [4.78, 5) is 11.9. The maximum Gasteiger partial charge on any atom is 0.264 e. The number of rotatable bonds is 4. The number of hydrogen-bond donors (Lipinski definition) is 3. The summed E-state index contributed by atoms with van der Waals surface area (Å²) < 4.78 is 5.39. The monoisotopic (exact) mass is 364 g/mol. The van der Waals surface area contributed by atoms with Crippen LogP contribution in [-0.2, 0) is 4.79 Å². The summed E-state index contributed by atoms with van der Waals surface area (Å²) in [5.41, 5.74) is 2.20. The number of ether oxygens (including phenoxy) is 1. The van der Waals surface area contributed by atoms with Gasteiger partial charge in [0, 0.05) is 5.02 Å². The normalized spacial score (nSPS) is 10.1. The lowest BCUT2D eigenvalue weighted by molar-refractivity contribution is -0.121. The van der Waals surface area contributed by atoms with Crippen molar-refractivity contribution in [3.8, 4) is 11.5 Å². The van der Waals surface area contributed by atoms with Gasteiger partial charge in [-0.05, 0) is 67.5 Å². The van der Waals surface area contributed by atoms with E-state index in [2.05, 4.69) is 10.6 Å². The zero-order chi connectivity index (χ0) is 17.7. The number of nitrogens with one attached hydrogen (secondary N) is 2. The third-order valence-corrected chi connectivity index (χ3v) is 3.78. The van der Waals surface area contributed by atoms with Crippen molar-refractivity contribution < 1.29 is 14.6 Å². The molecule has 0 saturated heterocycles. The first-order valence-electron chi connectivity index (χ1n) is 7.14. The number of halogens is 1. The number of phenols is 1. The number of aryl methyl sites for hydroxylation is 2. The molecule has 2 aromatic rings. The van der Waals surface area contributed by atoms with Crippen molar-refractivity contribution in [3.05, 3.63) is 52.5 Å². The molecule has 0 aromatic heterocycles. The zero-order valence-corrected chi connectivity index (χ0v) is 14.8. The van der Waals surface area contributed by atoms with E-state index in [-0.39, 0.29) is 17.5 Å². The van der Waals surface area contributed by atoms with Crippen LogP contribution in [0.15, 0.2) is 36.4 Å². The fourth-order valence-corrected chi connectivity index (χ4v) is 2.26. The molecule has 0 heterocycles. The molecule has 0 atom stereocenters. The van der Waals surface area contributed by atoms with Gasteiger partial charge in [0.15, 0.2) is 11.7 Å². The van der Waals surface area contributed by atoms with E-state index >= 15 is 0 Å². The van der Waals surface area contributed by atoms with Gasteiger partial charge in [0.05, 0.1) is 5.69 Å². The molecule has 0 radical (unpaired) electrons. The number of thiocarbonyl (C=S) groups is 1. The second-order valence-corrected chi connectivity index (χ2v) is 6.04. The number of phenolic OH excluding ortho intramolecular Hbond substituents is 1. The number of benzene rings is 2. The van der Waals surface area contributed by atoms with Crippen LogP contribution in [0, 0.1) is 13.8 Å². The Hall–Kier alpha value is -2.31. The lowest BCUT2D eigenvalue weighted by atomic mass is 10.2. The Morgan fingerprint density at radius 3 is 2.67 bits per heavy atom. The second-order valence-electron chi connectivity index (χ2n) is 5.22. The van der Waals surface area contributed by atoms with Crippen molar-refractivity contribution in [3.63, 3.8) is 0 Å². The Morgan fingerprint density at radius 1 is 1.25 bits per heavy atom. The van der Waals surface area contributed by atoms with Crippen LogP contribution in [0.4, 0.5) is 5.69 Å². The smallest absolute Gasteiger partial charge is 0.264 e. The first kappa shape index (κ1) is 18.0. The van der Waals surface area contributed by atoms with E-state index in [9.17, 15) is 9.90 Å². The van der Waals surface area contributed by atoms with Gasteiger partial charge in [0.1, 0.15) is 11.5 Å². The number of carbonyl (C=O) groups excluding carboxylic acids is 1. The number of amides is 1. The van der Waals surface area contributed by atoms with Crippen LogP contribution in [-0.4, -0.2) is 22.7 Å². The van der Waals surface area contributed by atoms with E-state index in [4.69, 9.17) is 28.6 Å². The minimum Gasteiger partial charge on any atom is -0.506 e. The molecule has 0 unspecified atom stereocenters. The Morgan fingerprint density at radius 2 is 2.00 bits per heavy atom. The lowest BCUT2D eigenvalue weighted by Crippen LogP contribution is -2.37. The highest BCUT2D eigenvalue weighted by molar-refractivity contribution is 7.80. The molecule has 5 nitrogen and oxygen atoms in total. The Bertz CT molecular complexity index is 780. The maximum absolute atomic E-state index is 11.9. The number of anilines is 1. The fourth-order valence-electron chi connectivity index (χ4n) is 1.92. The van der Waals surface area contributed by atoms with E-state index in [1.807, 2.05) is 19.9 Å². The van der Waals surface area contributed by atoms with Crippen molar-refractivity contribution >= 4 is 40.5 Å². The van der Waals surface area contributed by atoms with Gasteiger partial charge in [-0.3, -0.25) is 10.1 Å². The summed E-state index contributed by atoms with van der Waals surface area (Å²) in [5.74, 6) is 0.188. The Balaban J connectivity index is 1.85. The summed E-state index contributed by atoms with van der Waals surface area (Å²) in [6, 6.07) is 10.2. The summed E-state index contributed by atoms with van der Waals surface area (Å²) >= 11 is 11.0. The topological polar surface area (TPSA) is 70.6 Å². The van der Waals surface area contributed by atoms with Gasteiger partial charge >= 0.3 is 0 Å². The highest BCUT2D eigenvalue weighted by atomic mass is 35.5. The van der Waals surface area contributed by atoms with Gasteiger partial charge in [-0.1, -0.05) is 17.7 Å². The third-order valence-electron chi connectivity index (χ3n) is 3.15. The van der Waals surface area contributed by atoms with E-state index < -0.39 is 5.91 Å². The Kier molecular flexibility index (Phi) is 6.00. The third kappa shape index (κ3) is 5.11. The van der Waals surface area contributed by atoms with Gasteiger partial charge in [-0.25, -0.2) is 0 Å². The average Bonchev–Trinajstić information content (AvgIpc) is 2.51. The summed E-state index contributed by atoms with van der Waals surface area (Å²) in [5, 5.41) is 15.8. The highest BCUT2D eigenvalue weighted by Crippen LogP contribution is 2.23. The van der Waals surface area contributed by atoms with Crippen LogP contribution in [0.1, 0.15) is 11.1 Å². The molecular weight excluding hydrogens is 348 g/mol. The van der Waals surface area contributed by atoms with Crippen molar-refractivity contribution in [2.45, 2.75) is 13.8 Å². The lowest BCUT2D eigenvalue weighted by Gasteiger charge is -2.12. The molecule has 0 fully saturated rings. The largest absolute Gasteiger partial charge is 0.506 e. The number of hydrogen-bond acceptors (Lipinski definition) is 4. The standard InChI is InChI=1S/C17H17ClN2O3S/c1-10-3-6-14(15(21)7-10)19-17(24)20-16(22)9-23-12-4-5-13(18)11(2)8-12/h3-8,21H,9H2,1-2H3,(H2,19,20,22,24).